The van der Waals surface area contributed by atoms with E-state index in [2.05, 4.69) is 6.58 Å². The SMILES string of the molecule is C=CCN(CC=O)CC(=O)O. The molecule has 0 aromatic heterocycles. The Hall–Kier alpha value is -1.16. The highest BCUT2D eigenvalue weighted by atomic mass is 16.4. The number of carbonyl (C=O) groups excluding carboxylic acids is 1. The molecule has 4 nitrogen and oxygen atoms in total. The molecule has 0 saturated heterocycles. The van der Waals surface area contributed by atoms with E-state index in [-0.39, 0.29) is 13.1 Å². The van der Waals surface area contributed by atoms with Gasteiger partial charge in [0.1, 0.15) is 6.29 Å². The van der Waals surface area contributed by atoms with E-state index in [0.29, 0.717) is 12.8 Å². The van der Waals surface area contributed by atoms with Crippen LogP contribution in [0.15, 0.2) is 12.7 Å². The smallest absolute Gasteiger partial charge is 0.317 e. The van der Waals surface area contributed by atoms with Gasteiger partial charge in [-0.15, -0.1) is 6.58 Å². The van der Waals surface area contributed by atoms with Gasteiger partial charge in [-0.3, -0.25) is 9.69 Å². The van der Waals surface area contributed by atoms with E-state index < -0.39 is 5.97 Å². The van der Waals surface area contributed by atoms with Crippen LogP contribution in [0.25, 0.3) is 0 Å². The molecular weight excluding hydrogens is 146 g/mol. The third kappa shape index (κ3) is 5.29. The summed E-state index contributed by atoms with van der Waals surface area (Å²) in [4.78, 5) is 21.6. The van der Waals surface area contributed by atoms with Crippen LogP contribution in [0.5, 0.6) is 0 Å². The second kappa shape index (κ2) is 5.61. The molecule has 0 unspecified atom stereocenters. The molecule has 0 saturated carbocycles. The fourth-order valence-corrected chi connectivity index (χ4v) is 0.683. The summed E-state index contributed by atoms with van der Waals surface area (Å²) in [6.45, 7) is 3.88. The summed E-state index contributed by atoms with van der Waals surface area (Å²) in [6.07, 6.45) is 2.24. The summed E-state index contributed by atoms with van der Waals surface area (Å²) in [5.74, 6) is -0.936. The normalized spacial score (nSPS) is 9.55. The first-order valence-corrected chi connectivity index (χ1v) is 3.19. The molecule has 11 heavy (non-hydrogen) atoms. The van der Waals surface area contributed by atoms with Crippen LogP contribution in [0.2, 0.25) is 0 Å². The lowest BCUT2D eigenvalue weighted by Crippen LogP contribution is -2.31. The summed E-state index contributed by atoms with van der Waals surface area (Å²) >= 11 is 0. The summed E-state index contributed by atoms with van der Waals surface area (Å²) in [5.41, 5.74) is 0. The number of hydrogen-bond acceptors (Lipinski definition) is 3. The molecule has 0 aromatic carbocycles. The molecule has 0 amide bonds. The fourth-order valence-electron chi connectivity index (χ4n) is 0.683. The highest BCUT2D eigenvalue weighted by Crippen LogP contribution is 1.85. The molecule has 0 aromatic rings. The quantitative estimate of drug-likeness (QED) is 0.427. The summed E-state index contributed by atoms with van der Waals surface area (Å²) < 4.78 is 0. The first-order chi connectivity index (χ1) is 5.20. The topological polar surface area (TPSA) is 57.6 Å². The van der Waals surface area contributed by atoms with Crippen LogP contribution in [0.4, 0.5) is 0 Å². The lowest BCUT2D eigenvalue weighted by atomic mass is 10.4. The van der Waals surface area contributed by atoms with Gasteiger partial charge in [-0.1, -0.05) is 6.08 Å². The van der Waals surface area contributed by atoms with Crippen LogP contribution in [0, 0.1) is 0 Å². The molecule has 0 aliphatic heterocycles. The summed E-state index contributed by atoms with van der Waals surface area (Å²) in [6, 6.07) is 0. The lowest BCUT2D eigenvalue weighted by molar-refractivity contribution is -0.138. The maximum absolute atomic E-state index is 10.2. The van der Waals surface area contributed by atoms with E-state index in [9.17, 15) is 9.59 Å². The van der Waals surface area contributed by atoms with E-state index in [1.54, 1.807) is 6.08 Å². The van der Waals surface area contributed by atoms with Crippen molar-refractivity contribution in [3.8, 4) is 0 Å². The van der Waals surface area contributed by atoms with Crippen LogP contribution in [0.3, 0.4) is 0 Å². The van der Waals surface area contributed by atoms with Gasteiger partial charge < -0.3 is 9.90 Å². The first kappa shape index (κ1) is 9.84. The number of nitrogens with zero attached hydrogens (tertiary/aromatic N) is 1. The van der Waals surface area contributed by atoms with E-state index in [0.717, 1.165) is 0 Å². The third-order valence-electron chi connectivity index (χ3n) is 1.08. The molecule has 1 N–H and O–H groups in total. The second-order valence-electron chi connectivity index (χ2n) is 2.04. The number of carbonyl (C=O) groups is 2. The van der Waals surface area contributed by atoms with Crippen molar-refractivity contribution in [2.75, 3.05) is 19.6 Å². The van der Waals surface area contributed by atoms with Gasteiger partial charge in [0.15, 0.2) is 0 Å². The summed E-state index contributed by atoms with van der Waals surface area (Å²) in [7, 11) is 0. The average molecular weight is 157 g/mol. The largest absolute Gasteiger partial charge is 0.480 e. The van der Waals surface area contributed by atoms with Crippen LogP contribution >= 0.6 is 0 Å². The monoisotopic (exact) mass is 157 g/mol. The number of aldehydes is 1. The molecule has 0 aliphatic carbocycles. The van der Waals surface area contributed by atoms with Gasteiger partial charge in [-0.25, -0.2) is 0 Å². The minimum atomic E-state index is -0.936. The standard InChI is InChI=1S/C7H11NO3/c1-2-3-8(4-5-9)6-7(10)11/h2,5H,1,3-4,6H2,(H,10,11). The highest BCUT2D eigenvalue weighted by Gasteiger charge is 2.05. The number of carboxylic acids is 1. The molecule has 0 rings (SSSR count). The maximum Gasteiger partial charge on any atom is 0.317 e. The number of rotatable bonds is 6. The molecule has 0 fully saturated rings. The Morgan fingerprint density at radius 3 is 2.55 bits per heavy atom. The van der Waals surface area contributed by atoms with Gasteiger partial charge in [-0.05, 0) is 0 Å². The zero-order valence-electron chi connectivity index (χ0n) is 6.19. The number of hydrogen-bond donors (Lipinski definition) is 1. The van der Waals surface area contributed by atoms with E-state index in [1.165, 1.54) is 4.90 Å². The number of carboxylic acid groups (broad SMARTS) is 1. The predicted octanol–water partition coefficient (Wildman–Crippen LogP) is -0.242. The maximum atomic E-state index is 10.2. The van der Waals surface area contributed by atoms with Crippen molar-refractivity contribution in [2.45, 2.75) is 0 Å². The summed E-state index contributed by atoms with van der Waals surface area (Å²) in [5, 5.41) is 8.35. The zero-order chi connectivity index (χ0) is 8.69. The van der Waals surface area contributed by atoms with E-state index >= 15 is 0 Å². The van der Waals surface area contributed by atoms with Gasteiger partial charge >= 0.3 is 5.97 Å². The van der Waals surface area contributed by atoms with E-state index in [4.69, 9.17) is 5.11 Å². The lowest BCUT2D eigenvalue weighted by Gasteiger charge is -2.13. The molecule has 0 atom stereocenters. The molecule has 0 radical (unpaired) electrons. The molecule has 0 bridgehead atoms. The Morgan fingerprint density at radius 1 is 1.55 bits per heavy atom. The number of aliphatic carboxylic acids is 1. The Balaban J connectivity index is 3.76. The predicted molar refractivity (Wildman–Crippen MR) is 40.3 cm³/mol. The van der Waals surface area contributed by atoms with Crippen LogP contribution in [-0.2, 0) is 9.59 Å². The van der Waals surface area contributed by atoms with E-state index in [1.807, 2.05) is 0 Å². The van der Waals surface area contributed by atoms with Gasteiger partial charge in [0.25, 0.3) is 0 Å². The Kier molecular flexibility index (Phi) is 5.02. The molecule has 0 aliphatic rings. The Morgan fingerprint density at radius 2 is 2.18 bits per heavy atom. The van der Waals surface area contributed by atoms with Crippen molar-refractivity contribution in [3.63, 3.8) is 0 Å². The molecule has 62 valence electrons. The van der Waals surface area contributed by atoms with Crippen LogP contribution in [0.1, 0.15) is 0 Å². The van der Waals surface area contributed by atoms with Crippen molar-refractivity contribution in [1.82, 2.24) is 4.90 Å². The Bertz CT molecular complexity index is 146. The molecule has 0 heterocycles. The van der Waals surface area contributed by atoms with Gasteiger partial charge in [-0.2, -0.15) is 0 Å². The van der Waals surface area contributed by atoms with Crippen molar-refractivity contribution < 1.29 is 14.7 Å². The van der Waals surface area contributed by atoms with Crippen LogP contribution < -0.4 is 0 Å². The van der Waals surface area contributed by atoms with Gasteiger partial charge in [0, 0.05) is 6.54 Å². The molecular formula is C7H11NO3. The fraction of sp³-hybridized carbons (Fsp3) is 0.429. The highest BCUT2D eigenvalue weighted by molar-refractivity contribution is 5.69. The van der Waals surface area contributed by atoms with Crippen molar-refractivity contribution in [1.29, 1.82) is 0 Å². The third-order valence-corrected chi connectivity index (χ3v) is 1.08. The second-order valence-corrected chi connectivity index (χ2v) is 2.04. The van der Waals surface area contributed by atoms with Crippen molar-refractivity contribution in [3.05, 3.63) is 12.7 Å². The molecule has 4 heteroatoms. The molecule has 0 spiro atoms. The van der Waals surface area contributed by atoms with Gasteiger partial charge in [0.05, 0.1) is 13.1 Å². The van der Waals surface area contributed by atoms with Crippen molar-refractivity contribution in [2.24, 2.45) is 0 Å². The first-order valence-electron chi connectivity index (χ1n) is 3.19. The minimum Gasteiger partial charge on any atom is -0.480 e. The van der Waals surface area contributed by atoms with Gasteiger partial charge in [0.2, 0.25) is 0 Å². The Labute approximate surface area is 65.1 Å². The average Bonchev–Trinajstić information content (AvgIpc) is 1.87. The van der Waals surface area contributed by atoms with Crippen molar-refractivity contribution >= 4 is 12.3 Å². The zero-order valence-corrected chi connectivity index (χ0v) is 6.19. The minimum absolute atomic E-state index is 0.120. The van der Waals surface area contributed by atoms with Crippen LogP contribution in [-0.4, -0.2) is 41.9 Å².